The van der Waals surface area contributed by atoms with Crippen molar-refractivity contribution in [3.63, 3.8) is 0 Å². The van der Waals surface area contributed by atoms with Crippen LogP contribution in [0.3, 0.4) is 0 Å². The normalized spacial score (nSPS) is 11.8. The Kier molecular flexibility index (Phi) is 5.78. The molecule has 0 heterocycles. The summed E-state index contributed by atoms with van der Waals surface area (Å²) in [4.78, 5) is 0. The number of hydrogen-bond acceptors (Lipinski definition) is 3. The van der Waals surface area contributed by atoms with E-state index in [9.17, 15) is 8.42 Å². The van der Waals surface area contributed by atoms with E-state index in [2.05, 4.69) is 0 Å². The van der Waals surface area contributed by atoms with Crippen molar-refractivity contribution in [2.75, 3.05) is 23.9 Å². The highest BCUT2D eigenvalue weighted by Gasteiger charge is 2.26. The zero-order valence-corrected chi connectivity index (χ0v) is 12.7. The maximum absolute atomic E-state index is 12.5. The van der Waals surface area contributed by atoms with Crippen LogP contribution in [0.15, 0.2) is 24.3 Å². The molecule has 2 N–H and O–H groups in total. The van der Waals surface area contributed by atoms with Crippen LogP contribution in [0.2, 0.25) is 0 Å². The summed E-state index contributed by atoms with van der Waals surface area (Å²) in [5.74, 6) is 0. The largest absolute Gasteiger partial charge is 0.326 e. The lowest BCUT2D eigenvalue weighted by Crippen LogP contribution is -2.43. The highest BCUT2D eigenvalue weighted by molar-refractivity contribution is 7.90. The van der Waals surface area contributed by atoms with Crippen LogP contribution in [0.4, 0.5) is 5.69 Å². The molecule has 0 radical (unpaired) electrons. The van der Waals surface area contributed by atoms with Gasteiger partial charge in [-0.05, 0) is 24.6 Å². The Morgan fingerprint density at radius 1 is 1.00 bits per heavy atom. The monoisotopic (exact) mass is 285 g/mol. The minimum absolute atomic E-state index is 0.404. The van der Waals surface area contributed by atoms with E-state index in [4.69, 9.17) is 5.73 Å². The van der Waals surface area contributed by atoms with Crippen molar-refractivity contribution in [1.82, 2.24) is 4.31 Å². The lowest BCUT2D eigenvalue weighted by molar-refractivity contribution is 0.442. The molecule has 1 rings (SSSR count). The third kappa shape index (κ3) is 3.46. The van der Waals surface area contributed by atoms with E-state index in [1.54, 1.807) is 12.1 Å². The maximum Gasteiger partial charge on any atom is 0.304 e. The van der Waals surface area contributed by atoms with Gasteiger partial charge in [0.1, 0.15) is 0 Å². The number of hydrogen-bond donors (Lipinski definition) is 1. The lowest BCUT2D eigenvalue weighted by atomic mass is 10.2. The SMILES string of the molecule is CCN(CC)S(=O)(=O)N(CC)c1ccc(CN)cc1. The molecule has 0 atom stereocenters. The van der Waals surface area contributed by atoms with Crippen LogP contribution >= 0.6 is 0 Å². The molecule has 0 saturated heterocycles. The van der Waals surface area contributed by atoms with Crippen LogP contribution in [-0.4, -0.2) is 32.4 Å². The molecular formula is C13H23N3O2S. The fraction of sp³-hybridized carbons (Fsp3) is 0.538. The second-order valence-corrected chi connectivity index (χ2v) is 5.98. The summed E-state index contributed by atoms with van der Waals surface area (Å²) in [6, 6.07) is 7.31. The van der Waals surface area contributed by atoms with E-state index < -0.39 is 10.2 Å². The Balaban J connectivity index is 3.11. The van der Waals surface area contributed by atoms with Gasteiger partial charge in [0, 0.05) is 26.2 Å². The molecule has 0 bridgehead atoms. The van der Waals surface area contributed by atoms with Crippen molar-refractivity contribution >= 4 is 15.9 Å². The van der Waals surface area contributed by atoms with Gasteiger partial charge in [-0.25, -0.2) is 0 Å². The topological polar surface area (TPSA) is 66.6 Å². The Labute approximate surface area is 116 Å². The van der Waals surface area contributed by atoms with Gasteiger partial charge in [0.25, 0.3) is 0 Å². The summed E-state index contributed by atoms with van der Waals surface area (Å²) in [6.45, 7) is 7.30. The molecule has 0 spiro atoms. The molecule has 1 aromatic carbocycles. The van der Waals surface area contributed by atoms with Crippen molar-refractivity contribution in [2.24, 2.45) is 5.73 Å². The molecule has 5 nitrogen and oxygen atoms in total. The summed E-state index contributed by atoms with van der Waals surface area (Å²) >= 11 is 0. The Morgan fingerprint density at radius 3 is 1.89 bits per heavy atom. The van der Waals surface area contributed by atoms with Gasteiger partial charge in [0.2, 0.25) is 0 Å². The van der Waals surface area contributed by atoms with Crippen molar-refractivity contribution in [1.29, 1.82) is 0 Å². The van der Waals surface area contributed by atoms with Gasteiger partial charge in [-0.1, -0.05) is 26.0 Å². The van der Waals surface area contributed by atoms with Crippen LogP contribution in [0, 0.1) is 0 Å². The van der Waals surface area contributed by atoms with Gasteiger partial charge >= 0.3 is 10.2 Å². The first-order valence-corrected chi connectivity index (χ1v) is 7.97. The molecule has 19 heavy (non-hydrogen) atoms. The van der Waals surface area contributed by atoms with E-state index in [1.165, 1.54) is 8.61 Å². The maximum atomic E-state index is 12.5. The Hall–Kier alpha value is -1.11. The average molecular weight is 285 g/mol. The molecule has 6 heteroatoms. The fourth-order valence-electron chi connectivity index (χ4n) is 1.97. The zero-order valence-electron chi connectivity index (χ0n) is 11.8. The first-order chi connectivity index (χ1) is 9.01. The number of nitrogens with zero attached hydrogens (tertiary/aromatic N) is 2. The predicted octanol–water partition coefficient (Wildman–Crippen LogP) is 1.56. The number of nitrogens with two attached hydrogens (primary N) is 1. The molecule has 1 aromatic rings. The van der Waals surface area contributed by atoms with Gasteiger partial charge < -0.3 is 5.73 Å². The molecule has 0 amide bonds. The Morgan fingerprint density at radius 2 is 1.53 bits per heavy atom. The van der Waals surface area contributed by atoms with Crippen molar-refractivity contribution in [3.8, 4) is 0 Å². The molecule has 0 aromatic heterocycles. The van der Waals surface area contributed by atoms with Gasteiger partial charge in [-0.3, -0.25) is 4.31 Å². The second-order valence-electron chi connectivity index (χ2n) is 4.13. The van der Waals surface area contributed by atoms with E-state index >= 15 is 0 Å². The summed E-state index contributed by atoms with van der Waals surface area (Å²) in [7, 11) is -3.45. The van der Waals surface area contributed by atoms with Gasteiger partial charge in [0.05, 0.1) is 5.69 Å². The fourth-order valence-corrected chi connectivity index (χ4v) is 3.61. The average Bonchev–Trinajstić information content (AvgIpc) is 2.41. The van der Waals surface area contributed by atoms with E-state index in [0.29, 0.717) is 31.9 Å². The molecule has 0 aliphatic carbocycles. The van der Waals surface area contributed by atoms with Crippen molar-refractivity contribution in [3.05, 3.63) is 29.8 Å². The highest BCUT2D eigenvalue weighted by Crippen LogP contribution is 2.20. The molecule has 0 saturated carbocycles. The predicted molar refractivity (Wildman–Crippen MR) is 79.2 cm³/mol. The van der Waals surface area contributed by atoms with Crippen LogP contribution in [0.1, 0.15) is 26.3 Å². The van der Waals surface area contributed by atoms with Crippen LogP contribution in [0.5, 0.6) is 0 Å². The molecular weight excluding hydrogens is 262 g/mol. The summed E-state index contributed by atoms with van der Waals surface area (Å²) < 4.78 is 27.9. The highest BCUT2D eigenvalue weighted by atomic mass is 32.2. The van der Waals surface area contributed by atoms with E-state index in [1.807, 2.05) is 32.9 Å². The molecule has 0 fully saturated rings. The third-order valence-corrected chi connectivity index (χ3v) is 5.25. The minimum Gasteiger partial charge on any atom is -0.326 e. The standard InChI is InChI=1S/C13H23N3O2S/c1-4-15(5-2)19(17,18)16(6-3)13-9-7-12(11-14)8-10-13/h7-10H,4-6,11,14H2,1-3H3. The quantitative estimate of drug-likeness (QED) is 0.826. The summed E-state index contributed by atoms with van der Waals surface area (Å²) in [5, 5.41) is 0. The van der Waals surface area contributed by atoms with Gasteiger partial charge in [0.15, 0.2) is 0 Å². The van der Waals surface area contributed by atoms with Gasteiger partial charge in [-0.15, -0.1) is 0 Å². The third-order valence-electron chi connectivity index (χ3n) is 3.06. The van der Waals surface area contributed by atoms with Gasteiger partial charge in [-0.2, -0.15) is 12.7 Å². The van der Waals surface area contributed by atoms with Crippen LogP contribution in [-0.2, 0) is 16.8 Å². The first kappa shape index (κ1) is 15.9. The minimum atomic E-state index is -3.45. The molecule has 0 unspecified atom stereocenters. The second kappa shape index (κ2) is 6.88. The summed E-state index contributed by atoms with van der Waals surface area (Å²) in [5.41, 5.74) is 7.20. The van der Waals surface area contributed by atoms with Crippen molar-refractivity contribution < 1.29 is 8.42 Å². The molecule has 108 valence electrons. The number of benzene rings is 1. The lowest BCUT2D eigenvalue weighted by Gasteiger charge is -2.29. The smallest absolute Gasteiger partial charge is 0.304 e. The number of rotatable bonds is 7. The van der Waals surface area contributed by atoms with Crippen molar-refractivity contribution in [2.45, 2.75) is 27.3 Å². The molecule has 0 aliphatic heterocycles. The number of anilines is 1. The first-order valence-electron chi connectivity index (χ1n) is 6.58. The summed E-state index contributed by atoms with van der Waals surface area (Å²) in [6.07, 6.45) is 0. The molecule has 0 aliphatic rings. The van der Waals surface area contributed by atoms with Crippen LogP contribution in [0.25, 0.3) is 0 Å². The zero-order chi connectivity index (χ0) is 14.5. The van der Waals surface area contributed by atoms with Crippen LogP contribution < -0.4 is 10.0 Å². The van der Waals surface area contributed by atoms with E-state index in [0.717, 1.165) is 5.56 Å². The Bertz CT molecular complexity index is 481. The van der Waals surface area contributed by atoms with E-state index in [-0.39, 0.29) is 0 Å².